The number of anilines is 1. The lowest BCUT2D eigenvalue weighted by atomic mass is 10.3. The molecule has 1 fully saturated rings. The monoisotopic (exact) mass is 207 g/mol. The van der Waals surface area contributed by atoms with Crippen LogP contribution < -0.4 is 4.90 Å². The third-order valence-corrected chi connectivity index (χ3v) is 2.40. The van der Waals surface area contributed by atoms with Gasteiger partial charge in [0.15, 0.2) is 0 Å². The van der Waals surface area contributed by atoms with Crippen molar-refractivity contribution in [3.05, 3.63) is 18.6 Å². The second-order valence-corrected chi connectivity index (χ2v) is 3.63. The largest absolute Gasteiger partial charge is 0.481 e. The van der Waals surface area contributed by atoms with Crippen LogP contribution in [0.15, 0.2) is 18.6 Å². The highest BCUT2D eigenvalue weighted by atomic mass is 16.4. The Labute approximate surface area is 87.8 Å². The molecule has 0 radical (unpaired) electrons. The Morgan fingerprint density at radius 2 is 2.33 bits per heavy atom. The Morgan fingerprint density at radius 3 is 2.87 bits per heavy atom. The molecule has 1 aliphatic carbocycles. The van der Waals surface area contributed by atoms with Gasteiger partial charge in [-0.1, -0.05) is 0 Å². The van der Waals surface area contributed by atoms with Crippen LogP contribution in [0.3, 0.4) is 0 Å². The fourth-order valence-electron chi connectivity index (χ4n) is 1.53. The molecule has 0 unspecified atom stereocenters. The number of hydrogen-bond donors (Lipinski definition) is 1. The number of aromatic nitrogens is 2. The number of carboxylic acid groups (broad SMARTS) is 1. The van der Waals surface area contributed by atoms with Gasteiger partial charge in [0.05, 0.1) is 12.6 Å². The predicted molar refractivity (Wildman–Crippen MR) is 54.7 cm³/mol. The second-order valence-electron chi connectivity index (χ2n) is 3.63. The van der Waals surface area contributed by atoms with Crippen LogP contribution in [0.2, 0.25) is 0 Å². The summed E-state index contributed by atoms with van der Waals surface area (Å²) in [7, 11) is 0. The van der Waals surface area contributed by atoms with E-state index in [0.717, 1.165) is 18.7 Å². The first kappa shape index (κ1) is 9.89. The highest BCUT2D eigenvalue weighted by molar-refractivity contribution is 5.67. The van der Waals surface area contributed by atoms with Gasteiger partial charge in [-0.05, 0) is 12.8 Å². The molecule has 5 heteroatoms. The minimum atomic E-state index is -0.774. The van der Waals surface area contributed by atoms with Crippen LogP contribution in [0.1, 0.15) is 19.3 Å². The van der Waals surface area contributed by atoms with Crippen LogP contribution in [0.25, 0.3) is 0 Å². The van der Waals surface area contributed by atoms with Crippen molar-refractivity contribution < 1.29 is 9.90 Å². The zero-order chi connectivity index (χ0) is 10.7. The summed E-state index contributed by atoms with van der Waals surface area (Å²) >= 11 is 0. The van der Waals surface area contributed by atoms with Gasteiger partial charge in [-0.25, -0.2) is 4.98 Å². The molecular weight excluding hydrogens is 194 g/mol. The molecule has 1 aromatic heterocycles. The first-order chi connectivity index (χ1) is 7.27. The maximum absolute atomic E-state index is 10.5. The normalized spacial score (nSPS) is 14.9. The summed E-state index contributed by atoms with van der Waals surface area (Å²) in [5.41, 5.74) is 0. The van der Waals surface area contributed by atoms with Crippen LogP contribution in [-0.2, 0) is 4.79 Å². The summed E-state index contributed by atoms with van der Waals surface area (Å²) in [6, 6.07) is 0.459. The summed E-state index contributed by atoms with van der Waals surface area (Å²) in [5.74, 6) is 0.00536. The van der Waals surface area contributed by atoms with Crippen molar-refractivity contribution in [1.29, 1.82) is 0 Å². The zero-order valence-electron chi connectivity index (χ0n) is 8.33. The fraction of sp³-hybridized carbons (Fsp3) is 0.500. The third-order valence-electron chi connectivity index (χ3n) is 2.40. The van der Waals surface area contributed by atoms with Crippen molar-refractivity contribution in [3.63, 3.8) is 0 Å². The van der Waals surface area contributed by atoms with Gasteiger partial charge in [-0.15, -0.1) is 0 Å². The summed E-state index contributed by atoms with van der Waals surface area (Å²) in [6.07, 6.45) is 7.32. The van der Waals surface area contributed by atoms with Crippen molar-refractivity contribution in [1.82, 2.24) is 9.97 Å². The van der Waals surface area contributed by atoms with Crippen molar-refractivity contribution in [3.8, 4) is 0 Å². The Hall–Kier alpha value is -1.65. The number of hydrogen-bond acceptors (Lipinski definition) is 4. The van der Waals surface area contributed by atoms with Gasteiger partial charge in [0.1, 0.15) is 5.82 Å². The molecule has 0 bridgehead atoms. The summed E-state index contributed by atoms with van der Waals surface area (Å²) < 4.78 is 0. The highest BCUT2D eigenvalue weighted by Gasteiger charge is 2.30. The summed E-state index contributed by atoms with van der Waals surface area (Å²) in [5, 5.41) is 8.65. The van der Waals surface area contributed by atoms with E-state index in [4.69, 9.17) is 5.11 Å². The third kappa shape index (κ3) is 2.65. The van der Waals surface area contributed by atoms with Gasteiger partial charge in [0.2, 0.25) is 0 Å². The second kappa shape index (κ2) is 4.25. The molecule has 1 saturated carbocycles. The Kier molecular flexibility index (Phi) is 2.80. The molecule has 0 aliphatic heterocycles. The number of aliphatic carboxylic acids is 1. The average molecular weight is 207 g/mol. The first-order valence-corrected chi connectivity index (χ1v) is 5.02. The van der Waals surface area contributed by atoms with E-state index in [0.29, 0.717) is 12.6 Å². The number of carbonyl (C=O) groups is 1. The van der Waals surface area contributed by atoms with Gasteiger partial charge < -0.3 is 10.0 Å². The van der Waals surface area contributed by atoms with E-state index in [2.05, 4.69) is 9.97 Å². The van der Waals surface area contributed by atoms with Crippen LogP contribution in [0, 0.1) is 0 Å². The smallest absolute Gasteiger partial charge is 0.305 e. The molecule has 1 aliphatic rings. The lowest BCUT2D eigenvalue weighted by Crippen LogP contribution is -2.29. The molecule has 1 aromatic rings. The molecule has 0 saturated heterocycles. The van der Waals surface area contributed by atoms with E-state index in [9.17, 15) is 4.79 Å². The SMILES string of the molecule is O=C(O)CCN(c1cnccn1)C1CC1. The van der Waals surface area contributed by atoms with Gasteiger partial charge in [-0.2, -0.15) is 0 Å². The summed E-state index contributed by atoms with van der Waals surface area (Å²) in [4.78, 5) is 20.7. The first-order valence-electron chi connectivity index (χ1n) is 5.02. The zero-order valence-corrected chi connectivity index (χ0v) is 8.33. The lowest BCUT2D eigenvalue weighted by Gasteiger charge is -2.21. The standard InChI is InChI=1S/C10H13N3O2/c14-10(15)3-6-13(8-1-2-8)9-7-11-4-5-12-9/h4-5,7-8H,1-3,6H2,(H,14,15). The van der Waals surface area contributed by atoms with Crippen LogP contribution in [0.4, 0.5) is 5.82 Å². The minimum Gasteiger partial charge on any atom is -0.481 e. The number of nitrogens with zero attached hydrogens (tertiary/aromatic N) is 3. The molecule has 1 heterocycles. The molecule has 0 aromatic carbocycles. The molecular formula is C10H13N3O2. The van der Waals surface area contributed by atoms with Crippen molar-refractivity contribution in [2.75, 3.05) is 11.4 Å². The molecule has 5 nitrogen and oxygen atoms in total. The molecule has 1 N–H and O–H groups in total. The Morgan fingerprint density at radius 1 is 1.53 bits per heavy atom. The van der Waals surface area contributed by atoms with Gasteiger partial charge in [-0.3, -0.25) is 9.78 Å². The quantitative estimate of drug-likeness (QED) is 0.777. The van der Waals surface area contributed by atoms with Crippen molar-refractivity contribution >= 4 is 11.8 Å². The van der Waals surface area contributed by atoms with E-state index in [1.807, 2.05) is 4.90 Å². The van der Waals surface area contributed by atoms with Gasteiger partial charge in [0.25, 0.3) is 0 Å². The van der Waals surface area contributed by atoms with Crippen LogP contribution in [-0.4, -0.2) is 33.6 Å². The maximum atomic E-state index is 10.5. The predicted octanol–water partition coefficient (Wildman–Crippen LogP) is 0.920. The molecule has 2 rings (SSSR count). The van der Waals surface area contributed by atoms with Crippen LogP contribution in [0.5, 0.6) is 0 Å². The minimum absolute atomic E-state index is 0.146. The van der Waals surface area contributed by atoms with Gasteiger partial charge >= 0.3 is 5.97 Å². The molecule has 0 atom stereocenters. The fourth-order valence-corrected chi connectivity index (χ4v) is 1.53. The van der Waals surface area contributed by atoms with Crippen molar-refractivity contribution in [2.45, 2.75) is 25.3 Å². The Bertz CT molecular complexity index is 338. The molecule has 80 valence electrons. The highest BCUT2D eigenvalue weighted by Crippen LogP contribution is 2.30. The van der Waals surface area contributed by atoms with E-state index in [1.54, 1.807) is 18.6 Å². The average Bonchev–Trinajstić information content (AvgIpc) is 3.03. The van der Waals surface area contributed by atoms with E-state index in [1.165, 1.54) is 0 Å². The van der Waals surface area contributed by atoms with E-state index in [-0.39, 0.29) is 6.42 Å². The molecule has 0 spiro atoms. The lowest BCUT2D eigenvalue weighted by molar-refractivity contribution is -0.136. The molecule has 0 amide bonds. The van der Waals surface area contributed by atoms with Crippen LogP contribution >= 0.6 is 0 Å². The van der Waals surface area contributed by atoms with Gasteiger partial charge in [0, 0.05) is 25.0 Å². The van der Waals surface area contributed by atoms with E-state index < -0.39 is 5.97 Å². The topological polar surface area (TPSA) is 66.3 Å². The number of rotatable bonds is 5. The molecule has 15 heavy (non-hydrogen) atoms. The van der Waals surface area contributed by atoms with Crippen molar-refractivity contribution in [2.24, 2.45) is 0 Å². The van der Waals surface area contributed by atoms with E-state index >= 15 is 0 Å². The summed E-state index contributed by atoms with van der Waals surface area (Å²) in [6.45, 7) is 0.513. The number of carboxylic acids is 1. The Balaban J connectivity index is 2.03. The maximum Gasteiger partial charge on any atom is 0.305 e.